The molecule has 3 nitrogen and oxygen atoms in total. The number of nitrogens with zero attached hydrogens (tertiary/aromatic N) is 1. The highest BCUT2D eigenvalue weighted by Gasteiger charge is 2.14. The van der Waals surface area contributed by atoms with Crippen LogP contribution in [0.15, 0.2) is 42.5 Å². The molecule has 0 unspecified atom stereocenters. The first-order valence-electron chi connectivity index (χ1n) is 6.16. The molecule has 3 heteroatoms. The zero-order chi connectivity index (χ0) is 13.4. The van der Waals surface area contributed by atoms with Crippen LogP contribution in [-0.2, 0) is 0 Å². The van der Waals surface area contributed by atoms with E-state index in [-0.39, 0.29) is 0 Å². The third-order valence-corrected chi connectivity index (χ3v) is 3.29. The van der Waals surface area contributed by atoms with Crippen LogP contribution in [0.5, 0.6) is 0 Å². The van der Waals surface area contributed by atoms with Gasteiger partial charge in [-0.3, -0.25) is 0 Å². The Labute approximate surface area is 110 Å². The summed E-state index contributed by atoms with van der Waals surface area (Å²) in [5, 5.41) is 10.1. The molecule has 0 saturated heterocycles. The number of aromatic carboxylic acids is 1. The molecule has 19 heavy (non-hydrogen) atoms. The van der Waals surface area contributed by atoms with E-state index in [0.717, 1.165) is 28.8 Å². The molecule has 1 heterocycles. The average molecular weight is 251 g/mol. The lowest BCUT2D eigenvalue weighted by Crippen LogP contribution is -2.01. The number of hydrogen-bond donors (Lipinski definition) is 1. The van der Waals surface area contributed by atoms with E-state index in [1.807, 2.05) is 43.4 Å². The van der Waals surface area contributed by atoms with Crippen LogP contribution in [0, 0.1) is 6.92 Å². The first kappa shape index (κ1) is 11.7. The van der Waals surface area contributed by atoms with E-state index >= 15 is 0 Å². The summed E-state index contributed by atoms with van der Waals surface area (Å²) in [7, 11) is 0. The predicted molar refractivity (Wildman–Crippen MR) is 75.2 cm³/mol. The molecular formula is C16H13NO2. The molecule has 94 valence electrons. The highest BCUT2D eigenvalue weighted by molar-refractivity contribution is 6.03. The molecular weight excluding hydrogens is 238 g/mol. The Morgan fingerprint density at radius 2 is 2.16 bits per heavy atom. The number of aryl methyl sites for hydroxylation is 1. The average Bonchev–Trinajstić information content (AvgIpc) is 2.91. The fourth-order valence-electron chi connectivity index (χ4n) is 2.32. The number of fused-ring (bicyclic) bond motifs is 1. The van der Waals surface area contributed by atoms with Crippen LogP contribution in [-0.4, -0.2) is 16.1 Å². The number of hydrogen-bond acceptors (Lipinski definition) is 2. The standard InChI is InChI=1S/C16H13NO2/c1-10-6-7-14-12(8-10)13(16(18)19)9-15(17-14)11-4-2-3-5-11/h2-4,6-9H,5H2,1H3,(H,18,19). The SMILES string of the molecule is Cc1ccc2nc(C3=CC=CC3)cc(C(=O)O)c2c1. The Hall–Kier alpha value is -2.42. The number of pyridine rings is 1. The second kappa shape index (κ2) is 4.35. The van der Waals surface area contributed by atoms with Crippen LogP contribution in [0.3, 0.4) is 0 Å². The second-order valence-corrected chi connectivity index (χ2v) is 4.70. The van der Waals surface area contributed by atoms with Gasteiger partial charge in [-0.15, -0.1) is 0 Å². The van der Waals surface area contributed by atoms with Gasteiger partial charge in [0.1, 0.15) is 0 Å². The van der Waals surface area contributed by atoms with Gasteiger partial charge < -0.3 is 5.11 Å². The zero-order valence-corrected chi connectivity index (χ0v) is 10.6. The fourth-order valence-corrected chi connectivity index (χ4v) is 2.32. The van der Waals surface area contributed by atoms with Crippen molar-refractivity contribution in [1.82, 2.24) is 4.98 Å². The molecule has 0 spiro atoms. The van der Waals surface area contributed by atoms with Crippen LogP contribution in [0.4, 0.5) is 0 Å². The predicted octanol–water partition coefficient (Wildman–Crippen LogP) is 3.58. The number of carboxylic acid groups (broad SMARTS) is 1. The Kier molecular flexibility index (Phi) is 2.67. The maximum absolute atomic E-state index is 11.4. The van der Waals surface area contributed by atoms with Gasteiger partial charge in [-0.05, 0) is 37.1 Å². The lowest BCUT2D eigenvalue weighted by Gasteiger charge is -2.08. The number of carboxylic acids is 1. The van der Waals surface area contributed by atoms with Gasteiger partial charge in [0.2, 0.25) is 0 Å². The molecule has 0 amide bonds. The van der Waals surface area contributed by atoms with Crippen molar-refractivity contribution in [2.75, 3.05) is 0 Å². The van der Waals surface area contributed by atoms with Gasteiger partial charge in [0.25, 0.3) is 0 Å². The number of rotatable bonds is 2. The van der Waals surface area contributed by atoms with E-state index < -0.39 is 5.97 Å². The summed E-state index contributed by atoms with van der Waals surface area (Å²) in [6, 6.07) is 7.37. The molecule has 1 N–H and O–H groups in total. The summed E-state index contributed by atoms with van der Waals surface area (Å²) < 4.78 is 0. The van der Waals surface area contributed by atoms with Crippen molar-refractivity contribution in [2.45, 2.75) is 13.3 Å². The Morgan fingerprint density at radius 3 is 2.84 bits per heavy atom. The summed E-state index contributed by atoms with van der Waals surface area (Å²) in [4.78, 5) is 16.0. The van der Waals surface area contributed by atoms with Crippen LogP contribution < -0.4 is 0 Å². The molecule has 1 aromatic heterocycles. The fraction of sp³-hybridized carbons (Fsp3) is 0.125. The smallest absolute Gasteiger partial charge is 0.336 e. The summed E-state index contributed by atoms with van der Waals surface area (Å²) >= 11 is 0. The molecule has 0 radical (unpaired) electrons. The summed E-state index contributed by atoms with van der Waals surface area (Å²) in [5.74, 6) is -0.911. The Morgan fingerprint density at radius 1 is 1.32 bits per heavy atom. The van der Waals surface area contributed by atoms with Gasteiger partial charge in [-0.1, -0.05) is 29.9 Å². The topological polar surface area (TPSA) is 50.2 Å². The van der Waals surface area contributed by atoms with Crippen LogP contribution in [0.25, 0.3) is 16.5 Å². The lowest BCUT2D eigenvalue weighted by atomic mass is 10.0. The third kappa shape index (κ3) is 2.03. The highest BCUT2D eigenvalue weighted by atomic mass is 16.4. The Balaban J connectivity index is 2.27. The number of benzene rings is 1. The van der Waals surface area contributed by atoms with E-state index in [9.17, 15) is 9.90 Å². The van der Waals surface area contributed by atoms with E-state index in [0.29, 0.717) is 10.9 Å². The highest BCUT2D eigenvalue weighted by Crippen LogP contribution is 2.27. The quantitative estimate of drug-likeness (QED) is 0.887. The molecule has 0 fully saturated rings. The van der Waals surface area contributed by atoms with Crippen LogP contribution in [0.1, 0.15) is 28.0 Å². The van der Waals surface area contributed by atoms with Gasteiger partial charge >= 0.3 is 5.97 Å². The van der Waals surface area contributed by atoms with Gasteiger partial charge in [0, 0.05) is 5.39 Å². The van der Waals surface area contributed by atoms with Crippen molar-refractivity contribution in [3.05, 3.63) is 59.3 Å². The van der Waals surface area contributed by atoms with Gasteiger partial charge in [0.05, 0.1) is 16.8 Å². The van der Waals surface area contributed by atoms with Crippen molar-refractivity contribution >= 4 is 22.4 Å². The summed E-state index contributed by atoms with van der Waals surface area (Å²) in [6.45, 7) is 1.95. The molecule has 1 aliphatic rings. The second-order valence-electron chi connectivity index (χ2n) is 4.70. The number of carbonyl (C=O) groups is 1. The van der Waals surface area contributed by atoms with Crippen molar-refractivity contribution in [1.29, 1.82) is 0 Å². The van der Waals surface area contributed by atoms with Gasteiger partial charge in [0.15, 0.2) is 0 Å². The first-order chi connectivity index (χ1) is 9.15. The third-order valence-electron chi connectivity index (χ3n) is 3.29. The molecule has 0 bridgehead atoms. The van der Waals surface area contributed by atoms with Crippen molar-refractivity contribution in [3.63, 3.8) is 0 Å². The zero-order valence-electron chi connectivity index (χ0n) is 10.6. The Bertz CT molecular complexity index is 742. The molecule has 0 saturated carbocycles. The van der Waals surface area contributed by atoms with E-state index in [1.165, 1.54) is 0 Å². The minimum atomic E-state index is -0.911. The van der Waals surface area contributed by atoms with Crippen molar-refractivity contribution < 1.29 is 9.90 Å². The van der Waals surface area contributed by atoms with E-state index in [1.54, 1.807) is 6.07 Å². The number of allylic oxidation sites excluding steroid dienone is 4. The van der Waals surface area contributed by atoms with Crippen molar-refractivity contribution in [3.8, 4) is 0 Å². The molecule has 0 aliphatic heterocycles. The molecule has 1 aliphatic carbocycles. The summed E-state index contributed by atoms with van der Waals surface area (Å²) in [6.07, 6.45) is 6.80. The van der Waals surface area contributed by atoms with Gasteiger partial charge in [-0.2, -0.15) is 0 Å². The maximum Gasteiger partial charge on any atom is 0.336 e. The monoisotopic (exact) mass is 251 g/mol. The maximum atomic E-state index is 11.4. The van der Waals surface area contributed by atoms with Crippen LogP contribution >= 0.6 is 0 Å². The van der Waals surface area contributed by atoms with E-state index in [2.05, 4.69) is 4.98 Å². The summed E-state index contributed by atoms with van der Waals surface area (Å²) in [5.41, 5.74) is 3.89. The van der Waals surface area contributed by atoms with Gasteiger partial charge in [-0.25, -0.2) is 9.78 Å². The molecule has 2 aromatic rings. The molecule has 0 atom stereocenters. The largest absolute Gasteiger partial charge is 0.478 e. The minimum Gasteiger partial charge on any atom is -0.478 e. The first-order valence-corrected chi connectivity index (χ1v) is 6.16. The normalized spacial score (nSPS) is 13.8. The molecule has 1 aromatic carbocycles. The molecule has 3 rings (SSSR count). The lowest BCUT2D eigenvalue weighted by molar-refractivity contribution is 0.0699. The van der Waals surface area contributed by atoms with Crippen LogP contribution in [0.2, 0.25) is 0 Å². The van der Waals surface area contributed by atoms with E-state index in [4.69, 9.17) is 0 Å². The number of aromatic nitrogens is 1. The minimum absolute atomic E-state index is 0.316. The van der Waals surface area contributed by atoms with Crippen molar-refractivity contribution in [2.24, 2.45) is 0 Å².